The second-order valence-electron chi connectivity index (χ2n) is 6.68. The molecule has 0 saturated heterocycles. The molecule has 0 fully saturated rings. The number of methoxy groups -OCH3 is 1. The molecule has 0 aliphatic carbocycles. The number of nitrogens with two attached hydrogens (primary N) is 2. The van der Waals surface area contributed by atoms with Crippen LogP contribution in [0.2, 0.25) is 0 Å². The van der Waals surface area contributed by atoms with Gasteiger partial charge < -0.3 is 21.5 Å². The SMILES string of the molecule is COc1nsc(C(CC(C)C)(NC(N)=O)C(=O)[C@@H](N)CC(C)C)n1. The summed E-state index contributed by atoms with van der Waals surface area (Å²) in [5, 5.41) is 2.92. The summed E-state index contributed by atoms with van der Waals surface area (Å²) in [5.74, 6) is 0.00248. The van der Waals surface area contributed by atoms with E-state index < -0.39 is 17.6 Å². The first-order chi connectivity index (χ1) is 11.1. The van der Waals surface area contributed by atoms with Gasteiger partial charge in [-0.15, -0.1) is 4.37 Å². The van der Waals surface area contributed by atoms with Crippen LogP contribution in [0.15, 0.2) is 0 Å². The lowest BCUT2D eigenvalue weighted by Crippen LogP contribution is -2.59. The maximum absolute atomic E-state index is 13.2. The smallest absolute Gasteiger partial charge is 0.328 e. The highest BCUT2D eigenvalue weighted by molar-refractivity contribution is 7.05. The summed E-state index contributed by atoms with van der Waals surface area (Å²) in [6, 6.07) is -1.42. The van der Waals surface area contributed by atoms with Crippen molar-refractivity contribution < 1.29 is 14.3 Å². The zero-order valence-electron chi connectivity index (χ0n) is 14.8. The molecule has 0 aliphatic heterocycles. The van der Waals surface area contributed by atoms with E-state index in [-0.39, 0.29) is 23.6 Å². The minimum absolute atomic E-state index is 0.0851. The van der Waals surface area contributed by atoms with E-state index in [0.717, 1.165) is 11.5 Å². The molecular formula is C15H27N5O3S. The van der Waals surface area contributed by atoms with E-state index in [1.165, 1.54) is 7.11 Å². The van der Waals surface area contributed by atoms with Crippen molar-refractivity contribution in [3.8, 4) is 6.01 Å². The summed E-state index contributed by atoms with van der Waals surface area (Å²) >= 11 is 0.997. The Kier molecular flexibility index (Phi) is 7.09. The van der Waals surface area contributed by atoms with Gasteiger partial charge in [-0.2, -0.15) is 4.98 Å². The number of Topliss-reactive ketones (excluding diaryl/α,β-unsaturated/α-hetero) is 1. The molecule has 8 nitrogen and oxygen atoms in total. The normalized spacial score (nSPS) is 15.2. The first kappa shape index (κ1) is 20.3. The highest BCUT2D eigenvalue weighted by atomic mass is 32.1. The van der Waals surface area contributed by atoms with E-state index in [0.29, 0.717) is 17.8 Å². The van der Waals surface area contributed by atoms with Crippen molar-refractivity contribution in [1.82, 2.24) is 14.7 Å². The minimum atomic E-state index is -1.40. The zero-order valence-corrected chi connectivity index (χ0v) is 15.6. The lowest BCUT2D eigenvalue weighted by atomic mass is 9.80. The van der Waals surface area contributed by atoms with Gasteiger partial charge in [0.15, 0.2) is 16.3 Å². The highest BCUT2D eigenvalue weighted by Gasteiger charge is 2.47. The van der Waals surface area contributed by atoms with E-state index in [4.69, 9.17) is 16.2 Å². The van der Waals surface area contributed by atoms with Gasteiger partial charge in [0.05, 0.1) is 13.2 Å². The van der Waals surface area contributed by atoms with Gasteiger partial charge in [-0.3, -0.25) is 4.79 Å². The van der Waals surface area contributed by atoms with Crippen LogP contribution in [0, 0.1) is 11.8 Å². The summed E-state index contributed by atoms with van der Waals surface area (Å²) < 4.78 is 9.05. The quantitative estimate of drug-likeness (QED) is 0.612. The van der Waals surface area contributed by atoms with E-state index in [1.807, 2.05) is 27.7 Å². The Morgan fingerprint density at radius 1 is 1.29 bits per heavy atom. The summed E-state index contributed by atoms with van der Waals surface area (Å²) in [5.41, 5.74) is 10.1. The zero-order chi connectivity index (χ0) is 18.5. The molecule has 2 atom stereocenters. The molecule has 1 aromatic rings. The average molecular weight is 357 g/mol. The summed E-state index contributed by atoms with van der Waals surface area (Å²) in [6.07, 6.45) is 0.813. The van der Waals surface area contributed by atoms with Crippen molar-refractivity contribution >= 4 is 23.3 Å². The number of carbonyl (C=O) groups is 2. The van der Waals surface area contributed by atoms with Crippen LogP contribution in [0.3, 0.4) is 0 Å². The van der Waals surface area contributed by atoms with E-state index >= 15 is 0 Å². The third-order valence-electron chi connectivity index (χ3n) is 3.49. The fourth-order valence-corrected chi connectivity index (χ4v) is 3.47. The Labute approximate surface area is 146 Å². The molecule has 0 radical (unpaired) electrons. The van der Waals surface area contributed by atoms with Crippen molar-refractivity contribution in [2.45, 2.75) is 52.1 Å². The fourth-order valence-electron chi connectivity index (χ4n) is 2.68. The molecule has 9 heteroatoms. The number of amides is 2. The first-order valence-electron chi connectivity index (χ1n) is 7.88. The third kappa shape index (κ3) is 4.88. The number of nitrogens with zero attached hydrogens (tertiary/aromatic N) is 2. The van der Waals surface area contributed by atoms with Crippen LogP contribution in [-0.2, 0) is 10.3 Å². The van der Waals surface area contributed by atoms with Crippen molar-refractivity contribution in [3.63, 3.8) is 0 Å². The molecule has 0 saturated carbocycles. The molecule has 1 unspecified atom stereocenters. The van der Waals surface area contributed by atoms with Crippen LogP contribution >= 0.6 is 11.5 Å². The number of carbonyl (C=O) groups excluding carboxylic acids is 2. The van der Waals surface area contributed by atoms with Crippen LogP contribution in [0.4, 0.5) is 4.79 Å². The topological polar surface area (TPSA) is 133 Å². The van der Waals surface area contributed by atoms with E-state index in [9.17, 15) is 9.59 Å². The lowest BCUT2D eigenvalue weighted by Gasteiger charge is -2.34. The van der Waals surface area contributed by atoms with Gasteiger partial charge in [0.25, 0.3) is 0 Å². The third-order valence-corrected chi connectivity index (χ3v) is 4.35. The Balaban J connectivity index is 3.39. The van der Waals surface area contributed by atoms with Gasteiger partial charge >= 0.3 is 12.0 Å². The van der Waals surface area contributed by atoms with Crippen LogP contribution in [0.5, 0.6) is 6.01 Å². The predicted octanol–water partition coefficient (Wildman–Crippen LogP) is 1.40. The number of hydrogen-bond acceptors (Lipinski definition) is 7. The van der Waals surface area contributed by atoms with E-state index in [1.54, 1.807) is 0 Å². The largest absolute Gasteiger partial charge is 0.466 e. The second-order valence-corrected chi connectivity index (χ2v) is 7.43. The molecule has 1 aromatic heterocycles. The molecule has 0 aromatic carbocycles. The number of rotatable bonds is 9. The summed E-state index contributed by atoms with van der Waals surface area (Å²) in [6.45, 7) is 7.84. The second kappa shape index (κ2) is 8.39. The van der Waals surface area contributed by atoms with Gasteiger partial charge in [-0.05, 0) is 36.2 Å². The molecule has 0 bridgehead atoms. The van der Waals surface area contributed by atoms with Crippen molar-refractivity contribution in [2.24, 2.45) is 23.3 Å². The molecule has 24 heavy (non-hydrogen) atoms. The monoisotopic (exact) mass is 357 g/mol. The number of ether oxygens (including phenoxy) is 1. The maximum Gasteiger partial charge on any atom is 0.328 e. The van der Waals surface area contributed by atoms with Gasteiger partial charge in [0.2, 0.25) is 0 Å². The first-order valence-corrected chi connectivity index (χ1v) is 8.65. The number of aromatic nitrogens is 2. The van der Waals surface area contributed by atoms with Crippen molar-refractivity contribution in [1.29, 1.82) is 0 Å². The fraction of sp³-hybridized carbons (Fsp3) is 0.733. The number of urea groups is 1. The molecule has 0 aliphatic rings. The molecule has 136 valence electrons. The van der Waals surface area contributed by atoms with Crippen LogP contribution in [0.25, 0.3) is 0 Å². The molecule has 1 heterocycles. The number of primary amides is 1. The van der Waals surface area contributed by atoms with Gasteiger partial charge in [0.1, 0.15) is 0 Å². The standard InChI is InChI=1S/C15H27N5O3S/c1-8(2)6-10(16)11(21)15(7-9(3)4,19-13(17)22)12-18-14(23-5)20-24-12/h8-10H,6-7,16H2,1-5H3,(H3,17,19,22)/t10-,15?/m0/s1. The Bertz CT molecular complexity index is 575. The average Bonchev–Trinajstić information content (AvgIpc) is 2.93. The lowest BCUT2D eigenvalue weighted by molar-refractivity contribution is -0.127. The van der Waals surface area contributed by atoms with Gasteiger partial charge in [0, 0.05) is 0 Å². The molecule has 0 spiro atoms. The maximum atomic E-state index is 13.2. The summed E-state index contributed by atoms with van der Waals surface area (Å²) in [4.78, 5) is 29.0. The molecule has 1 rings (SSSR count). The Morgan fingerprint density at radius 2 is 1.92 bits per heavy atom. The van der Waals surface area contributed by atoms with E-state index in [2.05, 4.69) is 14.7 Å². The number of nitrogens with one attached hydrogen (secondary N) is 1. The molecule has 2 amide bonds. The van der Waals surface area contributed by atoms with Gasteiger partial charge in [-0.1, -0.05) is 27.7 Å². The predicted molar refractivity (Wildman–Crippen MR) is 92.8 cm³/mol. The highest BCUT2D eigenvalue weighted by Crippen LogP contribution is 2.34. The molecular weight excluding hydrogens is 330 g/mol. The summed E-state index contributed by atoms with van der Waals surface area (Å²) in [7, 11) is 1.43. The van der Waals surface area contributed by atoms with Crippen molar-refractivity contribution in [2.75, 3.05) is 7.11 Å². The van der Waals surface area contributed by atoms with Crippen LogP contribution < -0.4 is 21.5 Å². The van der Waals surface area contributed by atoms with Crippen molar-refractivity contribution in [3.05, 3.63) is 5.01 Å². The Morgan fingerprint density at radius 3 is 2.33 bits per heavy atom. The molecule has 5 N–H and O–H groups in total. The van der Waals surface area contributed by atoms with Gasteiger partial charge in [-0.25, -0.2) is 4.79 Å². The minimum Gasteiger partial charge on any atom is -0.466 e. The Hall–Kier alpha value is -1.74. The van der Waals surface area contributed by atoms with Crippen LogP contribution in [-0.4, -0.2) is 34.3 Å². The number of hydrogen-bond donors (Lipinski definition) is 3. The number of ketones is 1. The van der Waals surface area contributed by atoms with Crippen LogP contribution in [0.1, 0.15) is 45.5 Å².